The molecule has 4 rings (SSSR count). The Bertz CT molecular complexity index is 1030. The minimum absolute atomic E-state index is 0.0287. The summed E-state index contributed by atoms with van der Waals surface area (Å²) in [6, 6.07) is 7.13. The fourth-order valence-corrected chi connectivity index (χ4v) is 3.77. The van der Waals surface area contributed by atoms with Gasteiger partial charge in [-0.05, 0) is 43.5 Å². The van der Waals surface area contributed by atoms with Crippen LogP contribution in [0, 0.1) is 12.8 Å². The van der Waals surface area contributed by atoms with Crippen molar-refractivity contribution in [1.82, 2.24) is 14.9 Å². The predicted octanol–water partition coefficient (Wildman–Crippen LogP) is 1.47. The molecule has 9 nitrogen and oxygen atoms in total. The third kappa shape index (κ3) is 5.45. The number of aliphatic hydroxyl groups excluding tert-OH is 2. The molecule has 0 bridgehead atoms. The van der Waals surface area contributed by atoms with Crippen LogP contribution in [0.25, 0.3) is 11.3 Å². The zero-order valence-corrected chi connectivity index (χ0v) is 18.3. The number of carbonyl (C=O) groups excluding carboxylic acids is 2. The van der Waals surface area contributed by atoms with Gasteiger partial charge in [-0.2, -0.15) is 0 Å². The quantitative estimate of drug-likeness (QED) is 0.574. The highest BCUT2D eigenvalue weighted by molar-refractivity contribution is 5.93. The molecule has 2 heterocycles. The lowest BCUT2D eigenvalue weighted by Crippen LogP contribution is -2.52. The molecule has 1 aromatic carbocycles. The van der Waals surface area contributed by atoms with Gasteiger partial charge in [0.05, 0.1) is 18.8 Å². The molecule has 2 aromatic rings. The van der Waals surface area contributed by atoms with E-state index >= 15 is 0 Å². The van der Waals surface area contributed by atoms with Gasteiger partial charge in [0.1, 0.15) is 24.0 Å². The number of nitrogens with zero attached hydrogens (tertiary/aromatic N) is 3. The lowest BCUT2D eigenvalue weighted by atomic mass is 10.0. The maximum atomic E-state index is 14.7. The number of hydrogen-bond acceptors (Lipinski definition) is 7. The van der Waals surface area contributed by atoms with Gasteiger partial charge in [0, 0.05) is 30.5 Å². The Morgan fingerprint density at radius 1 is 1.27 bits per heavy atom. The SMILES string of the molecule is Cc1cc(-c2cc(NC(=O)C3CC3)ncn2)ccc1O[C@H]1CCN(C(=O)[C@@H](O)CO)C[C@H]1F. The first kappa shape index (κ1) is 23.1. The van der Waals surface area contributed by atoms with Gasteiger partial charge in [-0.3, -0.25) is 9.59 Å². The molecule has 176 valence electrons. The number of carbonyl (C=O) groups is 2. The average molecular weight is 458 g/mol. The van der Waals surface area contributed by atoms with E-state index in [0.717, 1.165) is 24.0 Å². The summed E-state index contributed by atoms with van der Waals surface area (Å²) >= 11 is 0. The zero-order chi connectivity index (χ0) is 23.5. The second-order valence-electron chi connectivity index (χ2n) is 8.48. The van der Waals surface area contributed by atoms with Gasteiger partial charge in [-0.15, -0.1) is 0 Å². The van der Waals surface area contributed by atoms with Crippen LogP contribution in [-0.2, 0) is 9.59 Å². The highest BCUT2D eigenvalue weighted by Gasteiger charge is 2.35. The fraction of sp³-hybridized carbons (Fsp3) is 0.478. The van der Waals surface area contributed by atoms with E-state index in [1.165, 1.54) is 11.2 Å². The van der Waals surface area contributed by atoms with Gasteiger partial charge in [0.15, 0.2) is 12.3 Å². The smallest absolute Gasteiger partial charge is 0.253 e. The molecule has 10 heteroatoms. The fourth-order valence-electron chi connectivity index (χ4n) is 3.77. The van der Waals surface area contributed by atoms with Gasteiger partial charge >= 0.3 is 0 Å². The molecule has 2 amide bonds. The van der Waals surface area contributed by atoms with Crippen molar-refractivity contribution in [3.63, 3.8) is 0 Å². The number of rotatable bonds is 7. The highest BCUT2D eigenvalue weighted by atomic mass is 19.1. The number of piperidine rings is 1. The van der Waals surface area contributed by atoms with Crippen LogP contribution in [-0.4, -0.2) is 75.0 Å². The minimum Gasteiger partial charge on any atom is -0.487 e. The number of hydrogen-bond donors (Lipinski definition) is 3. The Kier molecular flexibility index (Phi) is 6.85. The molecule has 0 unspecified atom stereocenters. The van der Waals surface area contributed by atoms with E-state index in [2.05, 4.69) is 15.3 Å². The van der Waals surface area contributed by atoms with Crippen LogP contribution in [0.1, 0.15) is 24.8 Å². The zero-order valence-electron chi connectivity index (χ0n) is 18.3. The Labute approximate surface area is 190 Å². The number of aliphatic hydroxyl groups is 2. The molecule has 3 N–H and O–H groups in total. The summed E-state index contributed by atoms with van der Waals surface area (Å²) in [4.78, 5) is 33.5. The van der Waals surface area contributed by atoms with Crippen LogP contribution in [0.5, 0.6) is 5.75 Å². The number of aromatic nitrogens is 2. The molecule has 1 aromatic heterocycles. The lowest BCUT2D eigenvalue weighted by Gasteiger charge is -2.35. The first-order valence-corrected chi connectivity index (χ1v) is 11.0. The topological polar surface area (TPSA) is 125 Å². The number of ether oxygens (including phenoxy) is 1. The van der Waals surface area contributed by atoms with Crippen molar-refractivity contribution in [2.75, 3.05) is 25.0 Å². The number of nitrogens with one attached hydrogen (secondary N) is 1. The molecular formula is C23H27FN4O5. The molecule has 1 saturated carbocycles. The molecule has 33 heavy (non-hydrogen) atoms. The summed E-state index contributed by atoms with van der Waals surface area (Å²) in [5, 5.41) is 21.2. The summed E-state index contributed by atoms with van der Waals surface area (Å²) in [5.74, 6) is 0.336. The van der Waals surface area contributed by atoms with Crippen molar-refractivity contribution < 1.29 is 28.9 Å². The summed E-state index contributed by atoms with van der Waals surface area (Å²) in [6.45, 7) is 1.18. The average Bonchev–Trinajstić information content (AvgIpc) is 3.66. The summed E-state index contributed by atoms with van der Waals surface area (Å²) in [5.41, 5.74) is 2.24. The maximum absolute atomic E-state index is 14.7. The van der Waals surface area contributed by atoms with E-state index in [-0.39, 0.29) is 31.3 Å². The third-order valence-corrected chi connectivity index (χ3v) is 5.87. The number of halogens is 1. The summed E-state index contributed by atoms with van der Waals surface area (Å²) in [6.07, 6.45) is -0.209. The van der Waals surface area contributed by atoms with Crippen molar-refractivity contribution in [3.05, 3.63) is 36.2 Å². The first-order valence-electron chi connectivity index (χ1n) is 11.0. The lowest BCUT2D eigenvalue weighted by molar-refractivity contribution is -0.146. The largest absolute Gasteiger partial charge is 0.487 e. The normalized spacial score (nSPS) is 21.4. The molecule has 2 fully saturated rings. The summed E-state index contributed by atoms with van der Waals surface area (Å²) in [7, 11) is 0. The number of alkyl halides is 1. The molecule has 2 aliphatic rings. The Morgan fingerprint density at radius 2 is 2.06 bits per heavy atom. The molecule has 3 atom stereocenters. The van der Waals surface area contributed by atoms with Crippen LogP contribution in [0.2, 0.25) is 0 Å². The van der Waals surface area contributed by atoms with Crippen LogP contribution in [0.3, 0.4) is 0 Å². The predicted molar refractivity (Wildman–Crippen MR) is 117 cm³/mol. The summed E-state index contributed by atoms with van der Waals surface area (Å²) < 4.78 is 20.6. The number of aryl methyl sites for hydroxylation is 1. The van der Waals surface area contributed by atoms with E-state index in [4.69, 9.17) is 9.84 Å². The molecule has 1 aliphatic carbocycles. The highest BCUT2D eigenvalue weighted by Crippen LogP contribution is 2.31. The molecule has 0 spiro atoms. The monoisotopic (exact) mass is 458 g/mol. The van der Waals surface area contributed by atoms with Gasteiger partial charge in [-0.1, -0.05) is 0 Å². The van der Waals surface area contributed by atoms with Crippen molar-refractivity contribution >= 4 is 17.6 Å². The van der Waals surface area contributed by atoms with E-state index in [9.17, 15) is 19.1 Å². The van der Waals surface area contributed by atoms with Crippen molar-refractivity contribution in [3.8, 4) is 17.0 Å². The minimum atomic E-state index is -1.53. The van der Waals surface area contributed by atoms with Crippen LogP contribution < -0.4 is 10.1 Å². The van der Waals surface area contributed by atoms with Gasteiger partial charge in [-0.25, -0.2) is 14.4 Å². The van der Waals surface area contributed by atoms with Crippen LogP contribution in [0.15, 0.2) is 30.6 Å². The molecule has 0 radical (unpaired) electrons. The maximum Gasteiger partial charge on any atom is 0.253 e. The number of amides is 2. The second-order valence-corrected chi connectivity index (χ2v) is 8.48. The van der Waals surface area contributed by atoms with E-state index in [0.29, 0.717) is 17.3 Å². The van der Waals surface area contributed by atoms with Gasteiger partial charge in [0.2, 0.25) is 5.91 Å². The number of anilines is 1. The molecular weight excluding hydrogens is 431 g/mol. The molecule has 1 aliphatic heterocycles. The standard InChI is InChI=1S/C23H27FN4O5/c1-13-8-15(17-9-21(26-12-25-17)27-22(31)14-2-3-14)4-5-19(13)33-20-6-7-28(10-16(20)24)23(32)18(30)11-29/h4-5,8-9,12,14,16,18,20,29-30H,2-3,6-7,10-11H2,1H3,(H,25,26,27,31)/t16-,18+,20+/m1/s1. The molecule has 1 saturated heterocycles. The Hall–Kier alpha value is -3.11. The Morgan fingerprint density at radius 3 is 2.73 bits per heavy atom. The first-order chi connectivity index (χ1) is 15.9. The van der Waals surface area contributed by atoms with Gasteiger partial charge < -0.3 is 25.2 Å². The Balaban J connectivity index is 1.40. The van der Waals surface area contributed by atoms with Crippen molar-refractivity contribution in [1.29, 1.82) is 0 Å². The number of likely N-dealkylation sites (tertiary alicyclic amines) is 1. The van der Waals surface area contributed by atoms with Crippen LogP contribution in [0.4, 0.5) is 10.2 Å². The second kappa shape index (κ2) is 9.80. The third-order valence-electron chi connectivity index (χ3n) is 5.87. The van der Waals surface area contributed by atoms with Crippen LogP contribution >= 0.6 is 0 Å². The van der Waals surface area contributed by atoms with Crippen molar-refractivity contribution in [2.24, 2.45) is 5.92 Å². The van der Waals surface area contributed by atoms with E-state index in [1.54, 1.807) is 18.2 Å². The van der Waals surface area contributed by atoms with Gasteiger partial charge in [0.25, 0.3) is 5.91 Å². The van der Waals surface area contributed by atoms with Crippen molar-refractivity contribution in [2.45, 2.75) is 44.6 Å². The van der Waals surface area contributed by atoms with E-state index in [1.807, 2.05) is 13.0 Å². The number of benzene rings is 1. The van der Waals surface area contributed by atoms with E-state index < -0.39 is 30.9 Å².